The van der Waals surface area contributed by atoms with Gasteiger partial charge >= 0.3 is 12.1 Å². The van der Waals surface area contributed by atoms with Crippen LogP contribution in [0, 0.1) is 5.41 Å². The standard InChI is InChI=1S/C37H51N9O7/c1-35(2,3)52-32(50)26(11-12-27(47)45-17-13-37(14-18-45)15-19-46(20-16-37)34(51)53-36(4,5)6)42-30(48)23-7-9-24(10-8-23)39-21-25-22-40-29-28(41-25)31(49)44-33(38)43-29/h7-10,22,26,39H,11-21H2,1-6H3,(H,42,48)(H3,38,40,43,44,49)/t26-/m0/s1. The molecule has 286 valence electrons. The normalized spacial score (nSPS) is 16.6. The van der Waals surface area contributed by atoms with Gasteiger partial charge in [-0.2, -0.15) is 4.98 Å². The molecule has 0 saturated carbocycles. The molecule has 53 heavy (non-hydrogen) atoms. The highest BCUT2D eigenvalue weighted by molar-refractivity contribution is 5.97. The summed E-state index contributed by atoms with van der Waals surface area (Å²) in [6, 6.07) is 5.60. The summed E-state index contributed by atoms with van der Waals surface area (Å²) >= 11 is 0. The van der Waals surface area contributed by atoms with Crippen LogP contribution in [-0.4, -0.2) is 97.0 Å². The first-order valence-electron chi connectivity index (χ1n) is 18.0. The highest BCUT2D eigenvalue weighted by Crippen LogP contribution is 2.41. The number of nitrogens with zero attached hydrogens (tertiary/aromatic N) is 5. The Bertz CT molecular complexity index is 1860. The van der Waals surface area contributed by atoms with Crippen LogP contribution in [0.3, 0.4) is 0 Å². The van der Waals surface area contributed by atoms with Gasteiger partial charge in [0.2, 0.25) is 11.9 Å². The van der Waals surface area contributed by atoms with Crippen molar-refractivity contribution in [3.8, 4) is 0 Å². The second-order valence-electron chi connectivity index (χ2n) is 15.9. The van der Waals surface area contributed by atoms with E-state index in [2.05, 4.69) is 30.6 Å². The second-order valence-corrected chi connectivity index (χ2v) is 15.9. The minimum atomic E-state index is -1.03. The Labute approximate surface area is 308 Å². The zero-order chi connectivity index (χ0) is 38.6. The molecule has 2 aliphatic rings. The van der Waals surface area contributed by atoms with Crippen LogP contribution < -0.4 is 21.9 Å². The molecule has 2 aromatic heterocycles. The highest BCUT2D eigenvalue weighted by atomic mass is 16.6. The number of ether oxygens (including phenoxy) is 2. The van der Waals surface area contributed by atoms with E-state index in [4.69, 9.17) is 15.2 Å². The number of piperidine rings is 2. The summed E-state index contributed by atoms with van der Waals surface area (Å²) in [7, 11) is 0. The van der Waals surface area contributed by atoms with Gasteiger partial charge < -0.3 is 35.6 Å². The Kier molecular flexibility index (Phi) is 11.6. The Morgan fingerprint density at radius 1 is 0.906 bits per heavy atom. The first-order chi connectivity index (χ1) is 24.9. The van der Waals surface area contributed by atoms with E-state index in [0.717, 1.165) is 25.7 Å². The van der Waals surface area contributed by atoms with Crippen LogP contribution in [0.25, 0.3) is 11.2 Å². The van der Waals surface area contributed by atoms with Crippen LogP contribution in [0.5, 0.6) is 0 Å². The van der Waals surface area contributed by atoms with Crippen LogP contribution in [-0.2, 0) is 25.6 Å². The molecule has 5 rings (SSSR count). The molecule has 1 spiro atoms. The maximum absolute atomic E-state index is 13.4. The third kappa shape index (κ3) is 10.6. The molecule has 3 aromatic rings. The molecule has 4 heterocycles. The molecule has 2 fully saturated rings. The van der Waals surface area contributed by atoms with Crippen molar-refractivity contribution in [1.82, 2.24) is 35.1 Å². The quantitative estimate of drug-likeness (QED) is 0.231. The van der Waals surface area contributed by atoms with E-state index in [9.17, 15) is 24.0 Å². The van der Waals surface area contributed by atoms with Gasteiger partial charge in [0.15, 0.2) is 11.2 Å². The van der Waals surface area contributed by atoms with Crippen molar-refractivity contribution in [2.75, 3.05) is 37.2 Å². The van der Waals surface area contributed by atoms with E-state index in [1.54, 1.807) is 49.9 Å². The predicted octanol–water partition coefficient (Wildman–Crippen LogP) is 3.77. The van der Waals surface area contributed by atoms with E-state index in [0.29, 0.717) is 43.1 Å². The lowest BCUT2D eigenvalue weighted by atomic mass is 9.71. The topological polar surface area (TPSA) is 215 Å². The first kappa shape index (κ1) is 38.9. The summed E-state index contributed by atoms with van der Waals surface area (Å²) < 4.78 is 11.1. The van der Waals surface area contributed by atoms with Crippen LogP contribution in [0.1, 0.15) is 96.1 Å². The van der Waals surface area contributed by atoms with Crippen molar-refractivity contribution in [1.29, 1.82) is 0 Å². The Balaban J connectivity index is 1.13. The third-order valence-electron chi connectivity index (χ3n) is 9.40. The number of aromatic amines is 1. The molecule has 3 amide bonds. The summed E-state index contributed by atoms with van der Waals surface area (Å²) in [5.41, 5.74) is 5.56. The number of aromatic nitrogens is 4. The Morgan fingerprint density at radius 3 is 2.11 bits per heavy atom. The van der Waals surface area contributed by atoms with Gasteiger partial charge in [0.1, 0.15) is 17.2 Å². The van der Waals surface area contributed by atoms with Gasteiger partial charge in [-0.05, 0) is 103 Å². The van der Waals surface area contributed by atoms with Crippen molar-refractivity contribution in [2.45, 2.75) is 104 Å². The molecule has 16 nitrogen and oxygen atoms in total. The number of hydrogen-bond donors (Lipinski definition) is 4. The molecule has 1 aromatic carbocycles. The maximum Gasteiger partial charge on any atom is 0.410 e. The average Bonchev–Trinajstić information content (AvgIpc) is 3.08. The minimum absolute atomic E-state index is 0.0416. The first-order valence-corrected chi connectivity index (χ1v) is 18.0. The van der Waals surface area contributed by atoms with Gasteiger partial charge in [0.05, 0.1) is 18.4 Å². The summed E-state index contributed by atoms with van der Waals surface area (Å²) in [5.74, 6) is -1.21. The van der Waals surface area contributed by atoms with E-state index >= 15 is 0 Å². The number of esters is 1. The van der Waals surface area contributed by atoms with E-state index in [1.807, 2.05) is 25.7 Å². The van der Waals surface area contributed by atoms with E-state index in [-0.39, 0.29) is 53.9 Å². The number of amides is 3. The molecule has 0 radical (unpaired) electrons. The molecule has 0 unspecified atom stereocenters. The molecule has 0 bridgehead atoms. The third-order valence-corrected chi connectivity index (χ3v) is 9.40. The lowest BCUT2D eigenvalue weighted by molar-refractivity contribution is -0.157. The SMILES string of the molecule is CC(C)(C)OC(=O)[C@H](CCC(=O)N1CCC2(CC1)CCN(C(=O)OC(C)(C)C)CC2)NC(=O)c1ccc(NCc2cnc3nc(N)[nH]c(=O)c3n2)cc1. The number of anilines is 2. The number of carbonyl (C=O) groups excluding carboxylic acids is 4. The number of nitrogens with one attached hydrogen (secondary N) is 3. The summed E-state index contributed by atoms with van der Waals surface area (Å²) in [5, 5.41) is 5.95. The van der Waals surface area contributed by atoms with Crippen LogP contribution >= 0.6 is 0 Å². The van der Waals surface area contributed by atoms with Crippen LogP contribution in [0.15, 0.2) is 35.3 Å². The van der Waals surface area contributed by atoms with Crippen molar-refractivity contribution < 1.29 is 28.7 Å². The van der Waals surface area contributed by atoms with Crippen molar-refractivity contribution >= 4 is 46.7 Å². The number of nitrogens with two attached hydrogens (primary N) is 1. The average molecular weight is 734 g/mol. The maximum atomic E-state index is 13.4. The fourth-order valence-electron chi connectivity index (χ4n) is 6.50. The van der Waals surface area contributed by atoms with E-state index < -0.39 is 34.7 Å². The van der Waals surface area contributed by atoms with E-state index in [1.165, 1.54) is 6.20 Å². The molecule has 5 N–H and O–H groups in total. The summed E-state index contributed by atoms with van der Waals surface area (Å²) in [6.07, 6.45) is 4.80. The molecular formula is C37H51N9O7. The number of carbonyl (C=O) groups is 4. The summed E-state index contributed by atoms with van der Waals surface area (Å²) in [6.45, 7) is 13.6. The number of H-pyrrole nitrogens is 1. The second kappa shape index (κ2) is 15.8. The van der Waals surface area contributed by atoms with Gasteiger partial charge in [0, 0.05) is 43.9 Å². The van der Waals surface area contributed by atoms with Crippen molar-refractivity contribution in [3.05, 3.63) is 52.1 Å². The molecular weight excluding hydrogens is 682 g/mol. The number of hydrogen-bond acceptors (Lipinski definition) is 12. The van der Waals surface area contributed by atoms with Crippen molar-refractivity contribution in [2.24, 2.45) is 5.41 Å². The number of benzene rings is 1. The smallest absolute Gasteiger partial charge is 0.410 e. The fraction of sp³-hybridized carbons (Fsp3) is 0.568. The van der Waals surface area contributed by atoms with Gasteiger partial charge in [-0.3, -0.25) is 19.4 Å². The molecule has 16 heteroatoms. The number of likely N-dealkylation sites (tertiary alicyclic amines) is 2. The fourth-order valence-corrected chi connectivity index (χ4v) is 6.50. The molecule has 2 aliphatic heterocycles. The van der Waals surface area contributed by atoms with Crippen molar-refractivity contribution in [3.63, 3.8) is 0 Å². The number of rotatable bonds is 9. The number of fused-ring (bicyclic) bond motifs is 1. The highest BCUT2D eigenvalue weighted by Gasteiger charge is 2.40. The van der Waals surface area contributed by atoms with Gasteiger partial charge in [-0.15, -0.1) is 0 Å². The molecule has 0 aliphatic carbocycles. The zero-order valence-corrected chi connectivity index (χ0v) is 31.4. The lowest BCUT2D eigenvalue weighted by Crippen LogP contribution is -2.50. The van der Waals surface area contributed by atoms with Gasteiger partial charge in [-0.25, -0.2) is 19.6 Å². The van der Waals surface area contributed by atoms with Crippen LogP contribution in [0.2, 0.25) is 0 Å². The zero-order valence-electron chi connectivity index (χ0n) is 31.4. The minimum Gasteiger partial charge on any atom is -0.458 e. The number of nitrogen functional groups attached to an aromatic ring is 1. The monoisotopic (exact) mass is 733 g/mol. The lowest BCUT2D eigenvalue weighted by Gasteiger charge is -2.46. The largest absolute Gasteiger partial charge is 0.458 e. The summed E-state index contributed by atoms with van der Waals surface area (Å²) in [4.78, 5) is 83.0. The van der Waals surface area contributed by atoms with Gasteiger partial charge in [-0.1, -0.05) is 0 Å². The Hall–Kier alpha value is -5.28. The van der Waals surface area contributed by atoms with Crippen LogP contribution in [0.4, 0.5) is 16.4 Å². The van der Waals surface area contributed by atoms with Gasteiger partial charge in [0.25, 0.3) is 11.5 Å². The predicted molar refractivity (Wildman–Crippen MR) is 198 cm³/mol. The molecule has 2 saturated heterocycles. The molecule has 1 atom stereocenters. The Morgan fingerprint density at radius 2 is 1.51 bits per heavy atom.